The van der Waals surface area contributed by atoms with E-state index in [1.54, 1.807) is 6.07 Å². The minimum atomic E-state index is -4.01. The van der Waals surface area contributed by atoms with Crippen LogP contribution in [0, 0.1) is 19.7 Å². The predicted octanol–water partition coefficient (Wildman–Crippen LogP) is 2.47. The van der Waals surface area contributed by atoms with Gasteiger partial charge >= 0.3 is 0 Å². The first-order valence-corrected chi connectivity index (χ1v) is 10.2. The van der Waals surface area contributed by atoms with Crippen LogP contribution in [0.3, 0.4) is 0 Å². The van der Waals surface area contributed by atoms with Crippen LogP contribution in [0.15, 0.2) is 52.2 Å². The first-order valence-electron chi connectivity index (χ1n) is 8.72. The average Bonchev–Trinajstić information content (AvgIpc) is 2.66. The quantitative estimate of drug-likeness (QED) is 0.660. The number of aromatic nitrogens is 1. The number of aliphatic hydroxyl groups excluding tert-OH is 1. The largest absolute Gasteiger partial charge is 0.395 e. The van der Waals surface area contributed by atoms with Crippen LogP contribution in [0.5, 0.6) is 0 Å². The van der Waals surface area contributed by atoms with E-state index < -0.39 is 28.0 Å². The molecule has 0 radical (unpaired) electrons. The zero-order chi connectivity index (χ0) is 20.5. The van der Waals surface area contributed by atoms with E-state index in [2.05, 4.69) is 4.98 Å². The molecule has 0 spiro atoms. The summed E-state index contributed by atoms with van der Waals surface area (Å²) in [5, 5.41) is 10.1. The third-order valence-corrected chi connectivity index (χ3v) is 6.63. The highest BCUT2D eigenvalue weighted by atomic mass is 32.2. The molecule has 0 aliphatic rings. The van der Waals surface area contributed by atoms with Crippen molar-refractivity contribution < 1.29 is 17.9 Å². The zero-order valence-corrected chi connectivity index (χ0v) is 16.4. The summed E-state index contributed by atoms with van der Waals surface area (Å²) in [6.45, 7) is 3.04. The van der Waals surface area contributed by atoms with E-state index in [0.717, 1.165) is 45.1 Å². The maximum absolute atomic E-state index is 13.1. The molecule has 28 heavy (non-hydrogen) atoms. The lowest BCUT2D eigenvalue weighted by molar-refractivity contribution is 0.251. The number of pyridine rings is 1. The summed E-state index contributed by atoms with van der Waals surface area (Å²) in [5.41, 5.74) is 2.57. The number of hydrogen-bond donors (Lipinski definition) is 2. The molecule has 3 aromatic rings. The first-order chi connectivity index (χ1) is 13.2. The Hall–Kier alpha value is -2.55. The summed E-state index contributed by atoms with van der Waals surface area (Å²) < 4.78 is 39.9. The van der Waals surface area contributed by atoms with Crippen molar-refractivity contribution >= 4 is 20.9 Å². The molecule has 0 saturated carbocycles. The molecule has 2 aromatic carbocycles. The van der Waals surface area contributed by atoms with Gasteiger partial charge in [-0.3, -0.25) is 4.79 Å². The molecule has 0 atom stereocenters. The standard InChI is InChI=1S/C20H21FN2O4S/c1-13-3-4-15-11-16(20(25)22-19(15)14(13)2)12-23(9-10-24)28(26,27)18-7-5-17(21)6-8-18/h3-8,11,24H,9-10,12H2,1-2H3,(H,22,25). The average molecular weight is 404 g/mol. The van der Waals surface area contributed by atoms with Crippen molar-refractivity contribution in [2.24, 2.45) is 0 Å². The maximum atomic E-state index is 13.1. The number of nitrogens with zero attached hydrogens (tertiary/aromatic N) is 1. The van der Waals surface area contributed by atoms with Gasteiger partial charge < -0.3 is 10.1 Å². The summed E-state index contributed by atoms with van der Waals surface area (Å²) in [6, 6.07) is 9.88. The zero-order valence-electron chi connectivity index (χ0n) is 15.6. The summed E-state index contributed by atoms with van der Waals surface area (Å²) in [6.07, 6.45) is 0. The van der Waals surface area contributed by atoms with Crippen molar-refractivity contribution in [3.8, 4) is 0 Å². The lowest BCUT2D eigenvalue weighted by Crippen LogP contribution is -2.35. The smallest absolute Gasteiger partial charge is 0.252 e. The maximum Gasteiger partial charge on any atom is 0.252 e. The molecule has 0 amide bonds. The van der Waals surface area contributed by atoms with Crippen molar-refractivity contribution in [2.45, 2.75) is 25.3 Å². The van der Waals surface area contributed by atoms with Crippen LogP contribution in [0.1, 0.15) is 16.7 Å². The lowest BCUT2D eigenvalue weighted by Gasteiger charge is -2.21. The second kappa shape index (κ2) is 7.83. The van der Waals surface area contributed by atoms with Crippen LogP contribution in [-0.2, 0) is 16.6 Å². The van der Waals surface area contributed by atoms with Gasteiger partial charge in [-0.05, 0) is 60.7 Å². The Morgan fingerprint density at radius 3 is 2.43 bits per heavy atom. The monoisotopic (exact) mass is 404 g/mol. The molecule has 2 N–H and O–H groups in total. The molecular weight excluding hydrogens is 383 g/mol. The van der Waals surface area contributed by atoms with Crippen molar-refractivity contribution in [3.63, 3.8) is 0 Å². The van der Waals surface area contributed by atoms with Crippen LogP contribution in [0.2, 0.25) is 0 Å². The van der Waals surface area contributed by atoms with Gasteiger partial charge in [0.15, 0.2) is 0 Å². The molecule has 0 fully saturated rings. The number of fused-ring (bicyclic) bond motifs is 1. The Balaban J connectivity index is 2.03. The van der Waals surface area contributed by atoms with Crippen LogP contribution in [-0.4, -0.2) is 36.0 Å². The molecule has 0 saturated heterocycles. The Labute approximate surface area is 162 Å². The van der Waals surface area contributed by atoms with Gasteiger partial charge in [-0.25, -0.2) is 12.8 Å². The number of aromatic amines is 1. The SMILES string of the molecule is Cc1ccc2cc(CN(CCO)S(=O)(=O)c3ccc(F)cc3)c(=O)[nH]c2c1C. The number of halogens is 1. The molecular formula is C20H21FN2O4S. The number of sulfonamides is 1. The lowest BCUT2D eigenvalue weighted by atomic mass is 10.0. The molecule has 148 valence electrons. The number of aliphatic hydroxyl groups is 1. The van der Waals surface area contributed by atoms with Crippen LogP contribution < -0.4 is 5.56 Å². The molecule has 0 bridgehead atoms. The number of H-pyrrole nitrogens is 1. The van der Waals surface area contributed by atoms with Gasteiger partial charge in [0.2, 0.25) is 10.0 Å². The van der Waals surface area contributed by atoms with Crippen molar-refractivity contribution in [3.05, 3.63) is 75.3 Å². The highest BCUT2D eigenvalue weighted by Crippen LogP contribution is 2.21. The summed E-state index contributed by atoms with van der Waals surface area (Å²) in [5.74, 6) is -0.552. The van der Waals surface area contributed by atoms with Gasteiger partial charge in [0.05, 0.1) is 17.0 Å². The first kappa shape index (κ1) is 20.2. The number of nitrogens with one attached hydrogen (secondary N) is 1. The third kappa shape index (κ3) is 3.84. The van der Waals surface area contributed by atoms with E-state index in [0.29, 0.717) is 5.52 Å². The van der Waals surface area contributed by atoms with E-state index in [1.165, 1.54) is 0 Å². The van der Waals surface area contributed by atoms with E-state index in [4.69, 9.17) is 0 Å². The topological polar surface area (TPSA) is 90.5 Å². The van der Waals surface area contributed by atoms with E-state index >= 15 is 0 Å². The van der Waals surface area contributed by atoms with Gasteiger partial charge in [-0.1, -0.05) is 12.1 Å². The number of rotatable bonds is 6. The number of hydrogen-bond acceptors (Lipinski definition) is 4. The Morgan fingerprint density at radius 2 is 1.79 bits per heavy atom. The van der Waals surface area contributed by atoms with Gasteiger partial charge in [-0.15, -0.1) is 0 Å². The minimum Gasteiger partial charge on any atom is -0.395 e. The second-order valence-corrected chi connectivity index (χ2v) is 8.55. The van der Waals surface area contributed by atoms with Gasteiger partial charge in [0.25, 0.3) is 5.56 Å². The fourth-order valence-corrected chi connectivity index (χ4v) is 4.44. The summed E-state index contributed by atoms with van der Waals surface area (Å²) in [4.78, 5) is 15.3. The molecule has 0 aliphatic heterocycles. The molecule has 6 nitrogen and oxygen atoms in total. The highest BCUT2D eigenvalue weighted by Gasteiger charge is 2.25. The molecule has 1 heterocycles. The molecule has 1 aromatic heterocycles. The fraction of sp³-hybridized carbons (Fsp3) is 0.250. The van der Waals surface area contributed by atoms with Crippen LogP contribution in [0.4, 0.5) is 4.39 Å². The fourth-order valence-electron chi connectivity index (χ4n) is 3.03. The van der Waals surface area contributed by atoms with Gasteiger partial charge in [0.1, 0.15) is 5.82 Å². The predicted molar refractivity (Wildman–Crippen MR) is 105 cm³/mol. The molecule has 0 unspecified atom stereocenters. The Bertz CT molecular complexity index is 1170. The van der Waals surface area contributed by atoms with Crippen molar-refractivity contribution in [1.29, 1.82) is 0 Å². The normalized spacial score (nSPS) is 12.0. The van der Waals surface area contributed by atoms with Crippen molar-refractivity contribution in [2.75, 3.05) is 13.2 Å². The Morgan fingerprint density at radius 1 is 1.11 bits per heavy atom. The highest BCUT2D eigenvalue weighted by molar-refractivity contribution is 7.89. The summed E-state index contributed by atoms with van der Waals surface area (Å²) in [7, 11) is -4.01. The van der Waals surface area contributed by atoms with E-state index in [1.807, 2.05) is 26.0 Å². The van der Waals surface area contributed by atoms with Crippen molar-refractivity contribution in [1.82, 2.24) is 9.29 Å². The third-order valence-electron chi connectivity index (χ3n) is 4.78. The van der Waals surface area contributed by atoms with Gasteiger partial charge in [-0.2, -0.15) is 4.31 Å². The number of aryl methyl sites for hydroxylation is 2. The molecule has 3 rings (SSSR count). The van der Waals surface area contributed by atoms with E-state index in [9.17, 15) is 22.7 Å². The summed E-state index contributed by atoms with van der Waals surface area (Å²) >= 11 is 0. The molecule has 8 heteroatoms. The molecule has 0 aliphatic carbocycles. The van der Waals surface area contributed by atoms with Gasteiger partial charge in [0, 0.05) is 18.7 Å². The second-order valence-electron chi connectivity index (χ2n) is 6.61. The van der Waals surface area contributed by atoms with E-state index in [-0.39, 0.29) is 23.5 Å². The van der Waals surface area contributed by atoms with Crippen LogP contribution in [0.25, 0.3) is 10.9 Å². The van der Waals surface area contributed by atoms with Crippen LogP contribution >= 0.6 is 0 Å². The minimum absolute atomic E-state index is 0.106. The Kier molecular flexibility index (Phi) is 5.64. The number of benzene rings is 2.